The van der Waals surface area contributed by atoms with Crippen molar-refractivity contribution in [1.29, 1.82) is 0 Å². The van der Waals surface area contributed by atoms with Crippen LogP contribution in [0.5, 0.6) is 0 Å². The highest BCUT2D eigenvalue weighted by Gasteiger charge is 2.17. The molecule has 0 aliphatic rings. The molecule has 0 aromatic heterocycles. The minimum absolute atomic E-state index is 0.0225. The molecule has 17 heavy (non-hydrogen) atoms. The van der Waals surface area contributed by atoms with Gasteiger partial charge in [0.15, 0.2) is 0 Å². The molecule has 0 fully saturated rings. The van der Waals surface area contributed by atoms with Crippen LogP contribution in [0.3, 0.4) is 0 Å². The van der Waals surface area contributed by atoms with E-state index in [0.717, 1.165) is 5.57 Å². The maximum absolute atomic E-state index is 10.9. The lowest BCUT2D eigenvalue weighted by Gasteiger charge is -2.21. The van der Waals surface area contributed by atoms with E-state index in [-0.39, 0.29) is 11.2 Å². The van der Waals surface area contributed by atoms with Gasteiger partial charge in [-0.25, -0.2) is 0 Å². The van der Waals surface area contributed by atoms with E-state index < -0.39 is 0 Å². The highest BCUT2D eigenvalue weighted by molar-refractivity contribution is 5.77. The van der Waals surface area contributed by atoms with Gasteiger partial charge in [-0.05, 0) is 24.0 Å². The standard InChI is InChI=1S/C16H20O/c1-13(17)9-8-12-15(16(2,3)4)14-10-6-5-7-11-14/h5-8,10-11H,9H2,1-4H3. The van der Waals surface area contributed by atoms with Crippen molar-refractivity contribution in [3.8, 4) is 0 Å². The van der Waals surface area contributed by atoms with Crippen molar-refractivity contribution in [2.24, 2.45) is 5.41 Å². The molecule has 1 nitrogen and oxygen atoms in total. The molecule has 0 radical (unpaired) electrons. The van der Waals surface area contributed by atoms with Crippen molar-refractivity contribution in [1.82, 2.24) is 0 Å². The van der Waals surface area contributed by atoms with Crippen LogP contribution in [0.1, 0.15) is 39.7 Å². The van der Waals surface area contributed by atoms with Crippen LogP contribution in [0.4, 0.5) is 0 Å². The van der Waals surface area contributed by atoms with Gasteiger partial charge in [-0.3, -0.25) is 4.79 Å². The minimum atomic E-state index is 0.0225. The van der Waals surface area contributed by atoms with E-state index in [0.29, 0.717) is 6.42 Å². The Balaban J connectivity index is 3.15. The molecular weight excluding hydrogens is 208 g/mol. The Labute approximate surface area is 104 Å². The Morgan fingerprint density at radius 2 is 1.82 bits per heavy atom. The van der Waals surface area contributed by atoms with Crippen LogP contribution in [-0.2, 0) is 4.79 Å². The van der Waals surface area contributed by atoms with E-state index in [1.54, 1.807) is 6.92 Å². The Morgan fingerprint density at radius 3 is 2.29 bits per heavy atom. The third kappa shape index (κ3) is 4.42. The molecule has 1 heteroatoms. The molecule has 0 aliphatic carbocycles. The molecule has 1 aromatic rings. The number of allylic oxidation sites excluding steroid dienone is 1. The molecule has 0 unspecified atom stereocenters. The summed E-state index contributed by atoms with van der Waals surface area (Å²) >= 11 is 0. The van der Waals surface area contributed by atoms with Crippen LogP contribution in [0, 0.1) is 5.41 Å². The number of rotatable bonds is 3. The fourth-order valence-corrected chi connectivity index (χ4v) is 1.63. The Kier molecular flexibility index (Phi) is 4.48. The maximum Gasteiger partial charge on any atom is 0.134 e. The molecular formula is C16H20O. The summed E-state index contributed by atoms with van der Waals surface area (Å²) in [6.07, 6.45) is 2.28. The zero-order chi connectivity index (χ0) is 12.9. The lowest BCUT2D eigenvalue weighted by Crippen LogP contribution is -2.07. The number of ketones is 1. The fourth-order valence-electron chi connectivity index (χ4n) is 1.63. The second kappa shape index (κ2) is 5.65. The van der Waals surface area contributed by atoms with Crippen molar-refractivity contribution in [2.75, 3.05) is 0 Å². The molecule has 0 N–H and O–H groups in total. The van der Waals surface area contributed by atoms with Crippen molar-refractivity contribution < 1.29 is 4.79 Å². The summed E-state index contributed by atoms with van der Waals surface area (Å²) in [5.41, 5.74) is 5.61. The average Bonchev–Trinajstić information content (AvgIpc) is 2.23. The second-order valence-corrected chi connectivity index (χ2v) is 5.25. The van der Waals surface area contributed by atoms with Gasteiger partial charge in [0.25, 0.3) is 0 Å². The average molecular weight is 228 g/mol. The van der Waals surface area contributed by atoms with E-state index in [9.17, 15) is 4.79 Å². The van der Waals surface area contributed by atoms with Gasteiger partial charge in [-0.1, -0.05) is 51.1 Å². The Hall–Kier alpha value is -1.59. The van der Waals surface area contributed by atoms with Gasteiger partial charge in [0, 0.05) is 12.0 Å². The monoisotopic (exact) mass is 228 g/mol. The smallest absolute Gasteiger partial charge is 0.134 e. The van der Waals surface area contributed by atoms with Crippen LogP contribution in [0.15, 0.2) is 42.1 Å². The molecule has 0 spiro atoms. The molecule has 0 bridgehead atoms. The highest BCUT2D eigenvalue weighted by atomic mass is 16.1. The largest absolute Gasteiger partial charge is 0.300 e. The molecule has 90 valence electrons. The number of carbonyl (C=O) groups excluding carboxylic acids is 1. The quantitative estimate of drug-likeness (QED) is 0.707. The summed E-state index contributed by atoms with van der Waals surface area (Å²) < 4.78 is 0. The van der Waals surface area contributed by atoms with Gasteiger partial charge in [0.2, 0.25) is 0 Å². The zero-order valence-electron chi connectivity index (χ0n) is 11.1. The lowest BCUT2D eigenvalue weighted by atomic mass is 9.82. The number of hydrogen-bond donors (Lipinski definition) is 0. The summed E-state index contributed by atoms with van der Waals surface area (Å²) in [5.74, 6) is 0.166. The first-order valence-electron chi connectivity index (χ1n) is 5.92. The van der Waals surface area contributed by atoms with Crippen molar-refractivity contribution >= 4 is 11.4 Å². The van der Waals surface area contributed by atoms with E-state index >= 15 is 0 Å². The van der Waals surface area contributed by atoms with E-state index in [1.165, 1.54) is 5.56 Å². The normalized spacial score (nSPS) is 10.6. The highest BCUT2D eigenvalue weighted by Crippen LogP contribution is 2.32. The van der Waals surface area contributed by atoms with Gasteiger partial charge < -0.3 is 0 Å². The number of benzene rings is 1. The maximum atomic E-state index is 10.9. The van der Waals surface area contributed by atoms with Crippen LogP contribution in [0.25, 0.3) is 5.57 Å². The topological polar surface area (TPSA) is 17.1 Å². The number of hydrogen-bond acceptors (Lipinski definition) is 1. The van der Waals surface area contributed by atoms with Gasteiger partial charge >= 0.3 is 0 Å². The van der Waals surface area contributed by atoms with Gasteiger partial charge in [0.1, 0.15) is 5.78 Å². The predicted molar refractivity (Wildman–Crippen MR) is 72.7 cm³/mol. The summed E-state index contributed by atoms with van der Waals surface area (Å²) in [4.78, 5) is 10.9. The first-order chi connectivity index (χ1) is 7.91. The predicted octanol–water partition coefficient (Wildman–Crippen LogP) is 4.25. The summed E-state index contributed by atoms with van der Waals surface area (Å²) in [6.45, 7) is 8.06. The molecule has 1 aromatic carbocycles. The number of Topliss-reactive ketones (excluding diaryl/α,β-unsaturated/α-hetero) is 1. The van der Waals surface area contributed by atoms with E-state index in [2.05, 4.69) is 38.6 Å². The number of carbonyl (C=O) groups is 1. The third-order valence-electron chi connectivity index (χ3n) is 2.45. The first kappa shape index (κ1) is 13.5. The van der Waals surface area contributed by atoms with Gasteiger partial charge in [-0.2, -0.15) is 0 Å². The van der Waals surface area contributed by atoms with Crippen molar-refractivity contribution in [3.05, 3.63) is 47.7 Å². The molecule has 0 saturated carbocycles. The summed E-state index contributed by atoms with van der Waals surface area (Å²) in [6, 6.07) is 10.2. The van der Waals surface area contributed by atoms with Crippen LogP contribution < -0.4 is 0 Å². The van der Waals surface area contributed by atoms with Crippen LogP contribution in [0.2, 0.25) is 0 Å². The molecule has 0 saturated heterocycles. The fraction of sp³-hybridized carbons (Fsp3) is 0.375. The van der Waals surface area contributed by atoms with Crippen LogP contribution in [-0.4, -0.2) is 5.78 Å². The molecule has 0 heterocycles. The van der Waals surface area contributed by atoms with Crippen LogP contribution >= 0.6 is 0 Å². The van der Waals surface area contributed by atoms with Gasteiger partial charge in [0.05, 0.1) is 0 Å². The third-order valence-corrected chi connectivity index (χ3v) is 2.45. The minimum Gasteiger partial charge on any atom is -0.300 e. The summed E-state index contributed by atoms with van der Waals surface area (Å²) in [5, 5.41) is 0. The SMILES string of the molecule is CC(=O)CC=C=C(c1ccccc1)C(C)(C)C. The first-order valence-corrected chi connectivity index (χ1v) is 5.92. The van der Waals surface area contributed by atoms with E-state index in [1.807, 2.05) is 24.3 Å². The van der Waals surface area contributed by atoms with Gasteiger partial charge in [-0.15, -0.1) is 5.73 Å². The lowest BCUT2D eigenvalue weighted by molar-refractivity contribution is -0.116. The second-order valence-electron chi connectivity index (χ2n) is 5.25. The molecule has 0 amide bonds. The molecule has 0 aliphatic heterocycles. The van der Waals surface area contributed by atoms with E-state index in [4.69, 9.17) is 0 Å². The van der Waals surface area contributed by atoms with Crippen molar-refractivity contribution in [2.45, 2.75) is 34.1 Å². The van der Waals surface area contributed by atoms with Crippen molar-refractivity contribution in [3.63, 3.8) is 0 Å². The zero-order valence-corrected chi connectivity index (χ0v) is 11.1. The molecule has 1 rings (SSSR count). The molecule has 0 atom stereocenters. The summed E-state index contributed by atoms with van der Waals surface area (Å²) in [7, 11) is 0. The Bertz CT molecular complexity index is 440. The Morgan fingerprint density at radius 1 is 1.24 bits per heavy atom.